The maximum Gasteiger partial charge on any atom is 0.238 e. The summed E-state index contributed by atoms with van der Waals surface area (Å²) >= 11 is 0. The maximum atomic E-state index is 5.24. The van der Waals surface area contributed by atoms with Gasteiger partial charge in [-0.25, -0.2) is 4.98 Å². The molecule has 0 fully saturated rings. The highest BCUT2D eigenvalue weighted by atomic mass is 15.2. The summed E-state index contributed by atoms with van der Waals surface area (Å²) in [5, 5.41) is 7.41. The van der Waals surface area contributed by atoms with Crippen LogP contribution in [0.15, 0.2) is 152 Å². The third-order valence-corrected chi connectivity index (χ3v) is 9.92. The number of benzene rings is 7. The first kappa shape index (κ1) is 27.7. The van der Waals surface area contributed by atoms with E-state index in [4.69, 9.17) is 15.0 Å². The smallest absolute Gasteiger partial charge is 0.238 e. The van der Waals surface area contributed by atoms with Gasteiger partial charge in [-0.2, -0.15) is 9.97 Å². The molecular formula is C45H30N4. The first-order valence-electron chi connectivity index (χ1n) is 16.8. The van der Waals surface area contributed by atoms with E-state index in [1.54, 1.807) is 0 Å². The lowest BCUT2D eigenvalue weighted by molar-refractivity contribution is 0.952. The fraction of sp³-hybridized carbons (Fsp3) is 0.0444. The lowest BCUT2D eigenvalue weighted by Gasteiger charge is -2.13. The van der Waals surface area contributed by atoms with Gasteiger partial charge in [-0.15, -0.1) is 0 Å². The molecule has 230 valence electrons. The fourth-order valence-corrected chi connectivity index (χ4v) is 7.59. The summed E-state index contributed by atoms with van der Waals surface area (Å²) in [6.07, 6.45) is 6.71. The van der Waals surface area contributed by atoms with Crippen molar-refractivity contribution in [3.05, 3.63) is 163 Å². The Morgan fingerprint density at radius 1 is 0.469 bits per heavy atom. The zero-order chi connectivity index (χ0) is 32.3. The van der Waals surface area contributed by atoms with Crippen molar-refractivity contribution in [3.63, 3.8) is 0 Å². The molecule has 1 aliphatic rings. The molecule has 2 aromatic heterocycles. The number of nitrogens with zero attached hydrogens (tertiary/aromatic N) is 4. The molecule has 10 rings (SSSR count). The van der Waals surface area contributed by atoms with Crippen LogP contribution in [0.1, 0.15) is 17.5 Å². The zero-order valence-electron chi connectivity index (χ0n) is 26.7. The maximum absolute atomic E-state index is 5.24. The SMILES string of the molecule is C1=Cc2c(ccc3c2c2c4ccccc4ccc2n3-c2nc(-c3ccccc3)nc(-c3ccc(-c4cccc5ccccc45)cc3)n2)CC1. The van der Waals surface area contributed by atoms with Crippen LogP contribution >= 0.6 is 0 Å². The average molecular weight is 627 g/mol. The van der Waals surface area contributed by atoms with E-state index in [1.807, 2.05) is 18.2 Å². The van der Waals surface area contributed by atoms with Gasteiger partial charge in [0.05, 0.1) is 11.0 Å². The monoisotopic (exact) mass is 626 g/mol. The molecule has 0 atom stereocenters. The second-order valence-corrected chi connectivity index (χ2v) is 12.7. The molecule has 7 aromatic carbocycles. The first-order chi connectivity index (χ1) is 24.3. The molecular weight excluding hydrogens is 597 g/mol. The molecule has 0 saturated carbocycles. The van der Waals surface area contributed by atoms with Crippen molar-refractivity contribution in [1.29, 1.82) is 0 Å². The summed E-state index contributed by atoms with van der Waals surface area (Å²) in [5.41, 5.74) is 9.12. The van der Waals surface area contributed by atoms with Gasteiger partial charge < -0.3 is 0 Å². The molecule has 0 unspecified atom stereocenters. The summed E-state index contributed by atoms with van der Waals surface area (Å²) in [4.78, 5) is 15.5. The van der Waals surface area contributed by atoms with E-state index in [-0.39, 0.29) is 0 Å². The quantitative estimate of drug-likeness (QED) is 0.195. The Balaban J connectivity index is 1.22. The molecule has 0 saturated heterocycles. The van der Waals surface area contributed by atoms with Crippen molar-refractivity contribution in [3.8, 4) is 39.9 Å². The van der Waals surface area contributed by atoms with Crippen molar-refractivity contribution in [2.24, 2.45) is 0 Å². The van der Waals surface area contributed by atoms with Crippen molar-refractivity contribution < 1.29 is 0 Å². The van der Waals surface area contributed by atoms with Crippen LogP contribution in [-0.4, -0.2) is 19.5 Å². The highest BCUT2D eigenvalue weighted by molar-refractivity contribution is 6.23. The van der Waals surface area contributed by atoms with E-state index < -0.39 is 0 Å². The standard InChI is InChI=1S/C45H30N4/c1-2-14-33(15-3-1)43-46-44(34-23-21-32(22-24-34)36-20-10-16-29-11-4-7-17-35(29)36)48-45(47-43)49-39-27-25-30-12-5-8-18-37(30)41(39)42-38-19-9-6-13-31(38)26-28-40(42)49/h1-5,7-12,14-28H,6,13H2. The van der Waals surface area contributed by atoms with Gasteiger partial charge in [0.25, 0.3) is 0 Å². The van der Waals surface area contributed by atoms with Crippen LogP contribution in [0, 0.1) is 0 Å². The molecule has 4 nitrogen and oxygen atoms in total. The third kappa shape index (κ3) is 4.49. The van der Waals surface area contributed by atoms with Crippen molar-refractivity contribution in [2.75, 3.05) is 0 Å². The van der Waals surface area contributed by atoms with Crippen LogP contribution in [0.25, 0.3) is 89.3 Å². The Labute approximate surface area is 283 Å². The molecule has 0 bridgehead atoms. The largest absolute Gasteiger partial charge is 0.278 e. The Morgan fingerprint density at radius 2 is 1.10 bits per heavy atom. The summed E-state index contributed by atoms with van der Waals surface area (Å²) in [7, 11) is 0. The lowest BCUT2D eigenvalue weighted by atomic mass is 9.92. The Bertz CT molecular complexity index is 2750. The summed E-state index contributed by atoms with van der Waals surface area (Å²) in [6, 6.07) is 51.5. The fourth-order valence-electron chi connectivity index (χ4n) is 7.59. The predicted octanol–water partition coefficient (Wildman–Crippen LogP) is 11.2. The normalized spacial score (nSPS) is 12.7. The van der Waals surface area contributed by atoms with Crippen LogP contribution in [0.3, 0.4) is 0 Å². The second kappa shape index (κ2) is 11.1. The molecule has 0 spiro atoms. The molecule has 49 heavy (non-hydrogen) atoms. The Kier molecular flexibility index (Phi) is 6.28. The molecule has 2 heterocycles. The van der Waals surface area contributed by atoms with E-state index >= 15 is 0 Å². The number of hydrogen-bond acceptors (Lipinski definition) is 3. The third-order valence-electron chi connectivity index (χ3n) is 9.92. The zero-order valence-corrected chi connectivity index (χ0v) is 26.7. The van der Waals surface area contributed by atoms with Gasteiger partial charge in [-0.3, -0.25) is 4.57 Å². The first-order valence-corrected chi connectivity index (χ1v) is 16.8. The molecule has 4 heteroatoms. The second-order valence-electron chi connectivity index (χ2n) is 12.7. The van der Waals surface area contributed by atoms with Crippen molar-refractivity contribution in [1.82, 2.24) is 19.5 Å². The van der Waals surface area contributed by atoms with Gasteiger partial charge in [0, 0.05) is 21.9 Å². The van der Waals surface area contributed by atoms with Gasteiger partial charge in [0.15, 0.2) is 11.6 Å². The summed E-state index contributed by atoms with van der Waals surface area (Å²) < 4.78 is 2.24. The van der Waals surface area contributed by atoms with Gasteiger partial charge >= 0.3 is 0 Å². The van der Waals surface area contributed by atoms with E-state index in [0.717, 1.165) is 40.6 Å². The average Bonchev–Trinajstić information content (AvgIpc) is 3.53. The highest BCUT2D eigenvalue weighted by Crippen LogP contribution is 2.41. The Morgan fingerprint density at radius 3 is 1.92 bits per heavy atom. The van der Waals surface area contributed by atoms with Crippen LogP contribution in [-0.2, 0) is 6.42 Å². The topological polar surface area (TPSA) is 43.6 Å². The minimum Gasteiger partial charge on any atom is -0.278 e. The molecule has 0 radical (unpaired) electrons. The van der Waals surface area contributed by atoms with Crippen LogP contribution in [0.2, 0.25) is 0 Å². The van der Waals surface area contributed by atoms with E-state index in [1.165, 1.54) is 49.0 Å². The molecule has 9 aromatic rings. The van der Waals surface area contributed by atoms with Crippen molar-refractivity contribution >= 4 is 49.4 Å². The number of rotatable bonds is 4. The summed E-state index contributed by atoms with van der Waals surface area (Å²) in [5.74, 6) is 1.89. The van der Waals surface area contributed by atoms with Crippen molar-refractivity contribution in [2.45, 2.75) is 12.8 Å². The van der Waals surface area contributed by atoms with Gasteiger partial charge in [0.1, 0.15) is 0 Å². The number of fused-ring (bicyclic) bond motifs is 8. The predicted molar refractivity (Wildman–Crippen MR) is 203 cm³/mol. The number of aromatic nitrogens is 4. The summed E-state index contributed by atoms with van der Waals surface area (Å²) in [6.45, 7) is 0. The molecule has 0 N–H and O–H groups in total. The van der Waals surface area contributed by atoms with Crippen LogP contribution in [0.4, 0.5) is 0 Å². The van der Waals surface area contributed by atoms with E-state index in [9.17, 15) is 0 Å². The number of allylic oxidation sites excluding steroid dienone is 1. The van der Waals surface area contributed by atoms with Crippen LogP contribution < -0.4 is 0 Å². The van der Waals surface area contributed by atoms with Crippen LogP contribution in [0.5, 0.6) is 0 Å². The molecule has 1 aliphatic carbocycles. The minimum atomic E-state index is 0.608. The van der Waals surface area contributed by atoms with E-state index in [0.29, 0.717) is 17.6 Å². The Hall–Kier alpha value is -6.39. The minimum absolute atomic E-state index is 0.608. The number of hydrogen-bond donors (Lipinski definition) is 0. The van der Waals surface area contributed by atoms with Gasteiger partial charge in [-0.05, 0) is 68.8 Å². The molecule has 0 aliphatic heterocycles. The lowest BCUT2D eigenvalue weighted by Crippen LogP contribution is -2.06. The highest BCUT2D eigenvalue weighted by Gasteiger charge is 2.22. The molecule has 0 amide bonds. The van der Waals surface area contributed by atoms with Gasteiger partial charge in [0.2, 0.25) is 5.95 Å². The number of aryl methyl sites for hydroxylation is 1. The van der Waals surface area contributed by atoms with Gasteiger partial charge in [-0.1, -0.05) is 146 Å². The van der Waals surface area contributed by atoms with E-state index in [2.05, 4.69) is 144 Å².